The average molecular weight is 418 g/mol. The minimum atomic E-state index is -0.428. The number of H-pyrrole nitrogens is 1. The lowest BCUT2D eigenvalue weighted by molar-refractivity contribution is -0.133. The molecule has 1 fully saturated rings. The molecule has 2 aromatic heterocycles. The number of aromatic amines is 1. The second-order valence-electron chi connectivity index (χ2n) is 6.40. The molecule has 0 aliphatic heterocycles. The molecule has 1 aromatic carbocycles. The third-order valence-corrected chi connectivity index (χ3v) is 6.08. The number of carbonyl (C=O) groups excluding carboxylic acids is 1. The van der Waals surface area contributed by atoms with Gasteiger partial charge in [0.25, 0.3) is 5.56 Å². The number of likely N-dealkylation sites (N-methyl/N-ethyl adjacent to an activating group) is 1. The van der Waals surface area contributed by atoms with E-state index in [4.69, 9.17) is 0 Å². The number of amides is 1. The van der Waals surface area contributed by atoms with Crippen molar-refractivity contribution in [1.82, 2.24) is 14.9 Å². The number of rotatable bonds is 4. The largest absolute Gasteiger partial charge is 0.338 e. The van der Waals surface area contributed by atoms with E-state index in [1.54, 1.807) is 11.9 Å². The molecule has 0 radical (unpaired) electrons. The molecule has 1 aliphatic rings. The number of thiophene rings is 1. The van der Waals surface area contributed by atoms with E-state index in [9.17, 15) is 9.59 Å². The number of hydrogen-bond acceptors (Lipinski definition) is 4. The maximum Gasteiger partial charge on any atom is 0.268 e. The Morgan fingerprint density at radius 2 is 2.04 bits per heavy atom. The summed E-state index contributed by atoms with van der Waals surface area (Å²) in [7, 11) is 1.76. The van der Waals surface area contributed by atoms with Gasteiger partial charge in [-0.15, -0.1) is 11.3 Å². The highest BCUT2D eigenvalue weighted by Crippen LogP contribution is 2.49. The molecule has 4 rings (SSSR count). The van der Waals surface area contributed by atoms with Crippen LogP contribution < -0.4 is 5.56 Å². The first-order valence-corrected chi connectivity index (χ1v) is 9.65. The maximum atomic E-state index is 13.0. The number of hydrogen-bond donors (Lipinski definition) is 1. The fourth-order valence-corrected chi connectivity index (χ4v) is 4.17. The lowest BCUT2D eigenvalue weighted by Gasteiger charge is -2.23. The summed E-state index contributed by atoms with van der Waals surface area (Å²) in [6.07, 6.45) is 1.70. The molecule has 5 nitrogen and oxygen atoms in total. The van der Waals surface area contributed by atoms with E-state index in [-0.39, 0.29) is 18.0 Å². The van der Waals surface area contributed by atoms with E-state index in [2.05, 4.69) is 25.9 Å². The highest BCUT2D eigenvalue weighted by atomic mass is 79.9. The van der Waals surface area contributed by atoms with E-state index in [0.717, 1.165) is 22.9 Å². The van der Waals surface area contributed by atoms with Gasteiger partial charge < -0.3 is 9.88 Å². The van der Waals surface area contributed by atoms with Crippen LogP contribution in [0.1, 0.15) is 24.2 Å². The summed E-state index contributed by atoms with van der Waals surface area (Å²) in [5.74, 6) is 0.584. The Morgan fingerprint density at radius 3 is 2.72 bits per heavy atom. The molecule has 0 atom stereocenters. The quantitative estimate of drug-likeness (QED) is 0.706. The molecule has 1 N–H and O–H groups in total. The first kappa shape index (κ1) is 16.5. The van der Waals surface area contributed by atoms with Crippen molar-refractivity contribution in [3.8, 4) is 0 Å². The van der Waals surface area contributed by atoms with Crippen LogP contribution in [0.25, 0.3) is 10.2 Å². The molecule has 1 aliphatic carbocycles. The molecule has 1 amide bonds. The summed E-state index contributed by atoms with van der Waals surface area (Å²) in [4.78, 5) is 34.0. The van der Waals surface area contributed by atoms with Crippen molar-refractivity contribution in [1.29, 1.82) is 0 Å². The van der Waals surface area contributed by atoms with E-state index < -0.39 is 5.41 Å². The highest BCUT2D eigenvalue weighted by Gasteiger charge is 2.52. The predicted molar refractivity (Wildman–Crippen MR) is 102 cm³/mol. The molecule has 0 unspecified atom stereocenters. The number of aromatic nitrogens is 2. The van der Waals surface area contributed by atoms with Gasteiger partial charge >= 0.3 is 0 Å². The topological polar surface area (TPSA) is 66.1 Å². The predicted octanol–water partition coefficient (Wildman–Crippen LogP) is 3.44. The second-order valence-corrected chi connectivity index (χ2v) is 8.23. The number of nitrogens with one attached hydrogen (secondary N) is 1. The minimum absolute atomic E-state index is 0.0721. The van der Waals surface area contributed by atoms with Crippen LogP contribution >= 0.6 is 27.3 Å². The van der Waals surface area contributed by atoms with Crippen molar-refractivity contribution < 1.29 is 4.79 Å². The van der Waals surface area contributed by atoms with E-state index >= 15 is 0 Å². The normalized spacial score (nSPS) is 15.3. The molecule has 0 saturated heterocycles. The van der Waals surface area contributed by atoms with Gasteiger partial charge in [0.1, 0.15) is 10.5 Å². The van der Waals surface area contributed by atoms with Crippen LogP contribution in [-0.4, -0.2) is 27.8 Å². The van der Waals surface area contributed by atoms with Gasteiger partial charge in [-0.25, -0.2) is 4.98 Å². The van der Waals surface area contributed by atoms with Gasteiger partial charge in [0.2, 0.25) is 5.91 Å². The summed E-state index contributed by atoms with van der Waals surface area (Å²) in [6, 6.07) is 9.75. The zero-order chi connectivity index (χ0) is 17.6. The Morgan fingerprint density at radius 1 is 1.32 bits per heavy atom. The molecule has 25 heavy (non-hydrogen) atoms. The number of fused-ring (bicyclic) bond motifs is 1. The zero-order valence-electron chi connectivity index (χ0n) is 13.6. The Hall–Kier alpha value is -1.99. The zero-order valence-corrected chi connectivity index (χ0v) is 16.0. The Kier molecular flexibility index (Phi) is 4.00. The highest BCUT2D eigenvalue weighted by molar-refractivity contribution is 9.10. The first-order chi connectivity index (χ1) is 12.0. The first-order valence-electron chi connectivity index (χ1n) is 7.98. The van der Waals surface area contributed by atoms with Gasteiger partial charge in [-0.2, -0.15) is 0 Å². The Bertz CT molecular complexity index is 1010. The summed E-state index contributed by atoms with van der Waals surface area (Å²) in [6.45, 7) is 0.290. The van der Waals surface area contributed by atoms with Crippen LogP contribution in [0.5, 0.6) is 0 Å². The molecular weight excluding hydrogens is 402 g/mol. The maximum absolute atomic E-state index is 13.0. The van der Waals surface area contributed by atoms with Crippen LogP contribution in [-0.2, 0) is 16.8 Å². The Balaban J connectivity index is 1.57. The molecule has 7 heteroatoms. The lowest BCUT2D eigenvalue weighted by Crippen LogP contribution is -2.36. The van der Waals surface area contributed by atoms with Crippen molar-refractivity contribution in [3.05, 3.63) is 61.9 Å². The third kappa shape index (κ3) is 2.91. The van der Waals surface area contributed by atoms with Crippen LogP contribution in [0.2, 0.25) is 0 Å². The molecule has 3 aromatic rings. The number of halogens is 1. The summed E-state index contributed by atoms with van der Waals surface area (Å²) in [5, 5.41) is 1.85. The lowest BCUT2D eigenvalue weighted by atomic mass is 9.94. The van der Waals surface area contributed by atoms with Crippen LogP contribution in [0.15, 0.2) is 45.0 Å². The van der Waals surface area contributed by atoms with Crippen molar-refractivity contribution in [2.45, 2.75) is 24.8 Å². The van der Waals surface area contributed by atoms with Gasteiger partial charge in [-0.3, -0.25) is 9.59 Å². The van der Waals surface area contributed by atoms with Gasteiger partial charge in [0.05, 0.1) is 17.5 Å². The molecule has 0 bridgehead atoms. The SMILES string of the molecule is CN(Cc1nc2ccsc2c(=O)[nH]1)C(=O)C1(c2ccc(Br)cc2)CC1. The fourth-order valence-electron chi connectivity index (χ4n) is 3.18. The molecule has 0 spiro atoms. The van der Waals surface area contributed by atoms with E-state index in [0.29, 0.717) is 16.0 Å². The minimum Gasteiger partial charge on any atom is -0.338 e. The van der Waals surface area contributed by atoms with Gasteiger partial charge in [-0.05, 0) is 42.0 Å². The molecule has 1 saturated carbocycles. The number of carbonyl (C=O) groups is 1. The van der Waals surface area contributed by atoms with Gasteiger partial charge in [0, 0.05) is 11.5 Å². The second kappa shape index (κ2) is 6.07. The van der Waals surface area contributed by atoms with E-state index in [1.165, 1.54) is 11.3 Å². The van der Waals surface area contributed by atoms with Gasteiger partial charge in [0.15, 0.2) is 0 Å². The third-order valence-electron chi connectivity index (χ3n) is 4.65. The summed E-state index contributed by atoms with van der Waals surface area (Å²) < 4.78 is 1.62. The van der Waals surface area contributed by atoms with Crippen molar-refractivity contribution >= 4 is 43.4 Å². The van der Waals surface area contributed by atoms with Crippen molar-refractivity contribution in [2.75, 3.05) is 7.05 Å². The molecule has 2 heterocycles. The van der Waals surface area contributed by atoms with Crippen LogP contribution in [0.3, 0.4) is 0 Å². The summed E-state index contributed by atoms with van der Waals surface area (Å²) >= 11 is 4.80. The monoisotopic (exact) mass is 417 g/mol. The van der Waals surface area contributed by atoms with Crippen molar-refractivity contribution in [3.63, 3.8) is 0 Å². The van der Waals surface area contributed by atoms with Crippen LogP contribution in [0, 0.1) is 0 Å². The fraction of sp³-hybridized carbons (Fsp3) is 0.278. The molecule has 128 valence electrons. The summed E-state index contributed by atoms with van der Waals surface area (Å²) in [5.41, 5.74) is 1.15. The van der Waals surface area contributed by atoms with Crippen molar-refractivity contribution in [2.24, 2.45) is 0 Å². The average Bonchev–Trinajstić information content (AvgIpc) is 3.26. The Labute approximate surface area is 156 Å². The number of nitrogens with zero attached hydrogens (tertiary/aromatic N) is 2. The van der Waals surface area contributed by atoms with Crippen LogP contribution in [0.4, 0.5) is 0 Å². The van der Waals surface area contributed by atoms with E-state index in [1.807, 2.05) is 35.7 Å². The smallest absolute Gasteiger partial charge is 0.268 e. The van der Waals surface area contributed by atoms with Gasteiger partial charge in [-0.1, -0.05) is 28.1 Å². The number of benzene rings is 1. The standard InChI is InChI=1S/C18H16BrN3O2S/c1-22(10-14-20-13-6-9-25-15(13)16(23)21-14)17(24)18(7-8-18)11-2-4-12(19)5-3-11/h2-6,9H,7-8,10H2,1H3,(H,20,21,23). The molecular formula is C18H16BrN3O2S.